The topological polar surface area (TPSA) is 52.3 Å². The Morgan fingerprint density at radius 1 is 1.21 bits per heavy atom. The van der Waals surface area contributed by atoms with Gasteiger partial charge < -0.3 is 4.74 Å². The first kappa shape index (κ1) is 15.1. The number of aryl methyl sites for hydroxylation is 1. The van der Waals surface area contributed by atoms with Crippen LogP contribution in [0.3, 0.4) is 0 Å². The van der Waals surface area contributed by atoms with Gasteiger partial charge in [-0.05, 0) is 49.5 Å². The second kappa shape index (κ2) is 6.59. The molecule has 2 aliphatic rings. The molecule has 2 aromatic rings. The fourth-order valence-corrected chi connectivity index (χ4v) is 3.40. The molecule has 5 nitrogen and oxygen atoms in total. The van der Waals surface area contributed by atoms with Crippen LogP contribution >= 0.6 is 0 Å². The van der Waals surface area contributed by atoms with Crippen LogP contribution < -0.4 is 4.74 Å². The molecule has 0 spiro atoms. The maximum absolute atomic E-state index is 6.24. The van der Waals surface area contributed by atoms with E-state index in [2.05, 4.69) is 15.1 Å². The van der Waals surface area contributed by atoms with Gasteiger partial charge in [0.2, 0.25) is 5.88 Å². The zero-order valence-corrected chi connectivity index (χ0v) is 14.0. The van der Waals surface area contributed by atoms with Crippen molar-refractivity contribution in [2.75, 3.05) is 0 Å². The van der Waals surface area contributed by atoms with Crippen LogP contribution in [0.15, 0.2) is 35.7 Å². The van der Waals surface area contributed by atoms with Gasteiger partial charge in [0.1, 0.15) is 6.10 Å². The summed E-state index contributed by atoms with van der Waals surface area (Å²) in [5, 5.41) is 4.19. The van der Waals surface area contributed by atoms with Crippen LogP contribution in [0, 0.1) is 0 Å². The minimum atomic E-state index is 0.293. The van der Waals surface area contributed by atoms with Crippen LogP contribution in [0.2, 0.25) is 0 Å². The third kappa shape index (κ3) is 3.11. The maximum Gasteiger partial charge on any atom is 0.223 e. The molecule has 0 unspecified atom stereocenters. The van der Waals surface area contributed by atoms with Gasteiger partial charge in [0, 0.05) is 25.0 Å². The molecule has 1 aliphatic carbocycles. The highest BCUT2D eigenvalue weighted by atomic mass is 16.5. The zero-order chi connectivity index (χ0) is 16.4. The number of aliphatic imine (C=N–C) groups is 1. The lowest BCUT2D eigenvalue weighted by Gasteiger charge is -2.23. The van der Waals surface area contributed by atoms with E-state index in [0.29, 0.717) is 12.6 Å². The summed E-state index contributed by atoms with van der Waals surface area (Å²) < 4.78 is 8.04. The number of ether oxygens (including phenoxy) is 1. The molecule has 124 valence electrons. The molecule has 4 rings (SSSR count). The summed E-state index contributed by atoms with van der Waals surface area (Å²) in [4.78, 5) is 9.16. The summed E-state index contributed by atoms with van der Waals surface area (Å²) in [5.41, 5.74) is 4.27. The molecule has 1 fully saturated rings. The zero-order valence-electron chi connectivity index (χ0n) is 14.0. The fraction of sp³-hybridized carbons (Fsp3) is 0.421. The van der Waals surface area contributed by atoms with Crippen molar-refractivity contribution in [2.24, 2.45) is 12.0 Å². The second-order valence-electron chi connectivity index (χ2n) is 6.51. The van der Waals surface area contributed by atoms with Gasteiger partial charge in [-0.2, -0.15) is 5.10 Å². The van der Waals surface area contributed by atoms with E-state index in [4.69, 9.17) is 4.74 Å². The van der Waals surface area contributed by atoms with Crippen molar-refractivity contribution in [3.05, 3.63) is 47.4 Å². The largest absolute Gasteiger partial charge is 0.474 e. The molecule has 0 N–H and O–H groups in total. The lowest BCUT2D eigenvalue weighted by molar-refractivity contribution is 0.148. The van der Waals surface area contributed by atoms with Gasteiger partial charge in [0.25, 0.3) is 0 Å². The Balaban J connectivity index is 1.57. The quantitative estimate of drug-likeness (QED) is 0.865. The van der Waals surface area contributed by atoms with Gasteiger partial charge in [0.05, 0.1) is 24.0 Å². The molecule has 0 atom stereocenters. The molecular weight excluding hydrogens is 300 g/mol. The van der Waals surface area contributed by atoms with Gasteiger partial charge in [-0.25, -0.2) is 4.98 Å². The third-order valence-electron chi connectivity index (χ3n) is 4.67. The lowest BCUT2D eigenvalue weighted by atomic mass is 9.97. The Morgan fingerprint density at radius 2 is 2.08 bits per heavy atom. The van der Waals surface area contributed by atoms with Gasteiger partial charge in [-0.15, -0.1) is 0 Å². The van der Waals surface area contributed by atoms with Gasteiger partial charge >= 0.3 is 0 Å². The molecule has 1 aliphatic heterocycles. The van der Waals surface area contributed by atoms with Crippen LogP contribution in [0.4, 0.5) is 0 Å². The van der Waals surface area contributed by atoms with Crippen molar-refractivity contribution in [3.63, 3.8) is 0 Å². The lowest BCUT2D eigenvalue weighted by Crippen LogP contribution is -2.21. The summed E-state index contributed by atoms with van der Waals surface area (Å²) in [6.07, 6.45) is 16.1. The molecule has 0 aromatic carbocycles. The molecule has 0 bridgehead atoms. The van der Waals surface area contributed by atoms with Crippen LogP contribution in [0.1, 0.15) is 48.8 Å². The number of allylic oxidation sites excluding steroid dienone is 1. The average Bonchev–Trinajstić information content (AvgIpc) is 3.21. The number of aromatic nitrogens is 3. The first-order valence-corrected chi connectivity index (χ1v) is 8.66. The van der Waals surface area contributed by atoms with Crippen molar-refractivity contribution in [1.29, 1.82) is 0 Å². The number of fused-ring (bicyclic) bond motifs is 1. The van der Waals surface area contributed by atoms with E-state index in [9.17, 15) is 0 Å². The van der Waals surface area contributed by atoms with Crippen LogP contribution in [-0.2, 0) is 13.6 Å². The molecule has 0 radical (unpaired) electrons. The molecule has 24 heavy (non-hydrogen) atoms. The van der Waals surface area contributed by atoms with E-state index in [1.54, 1.807) is 4.68 Å². The minimum Gasteiger partial charge on any atom is -0.474 e. The number of hydrogen-bond acceptors (Lipinski definition) is 4. The van der Waals surface area contributed by atoms with E-state index in [1.807, 2.05) is 43.9 Å². The number of rotatable bonds is 4. The first-order valence-electron chi connectivity index (χ1n) is 8.66. The van der Waals surface area contributed by atoms with Crippen LogP contribution in [0.25, 0.3) is 6.08 Å². The predicted molar refractivity (Wildman–Crippen MR) is 94.2 cm³/mol. The summed E-state index contributed by atoms with van der Waals surface area (Å²) >= 11 is 0. The summed E-state index contributed by atoms with van der Waals surface area (Å²) in [7, 11) is 1.92. The Morgan fingerprint density at radius 3 is 2.88 bits per heavy atom. The Labute approximate surface area is 142 Å². The van der Waals surface area contributed by atoms with Gasteiger partial charge in [-0.1, -0.05) is 6.42 Å². The van der Waals surface area contributed by atoms with Gasteiger partial charge in [0.15, 0.2) is 0 Å². The number of nitrogens with zero attached hydrogens (tertiary/aromatic N) is 4. The van der Waals surface area contributed by atoms with Crippen molar-refractivity contribution < 1.29 is 4.74 Å². The standard InChI is InChI=1S/C19H22N4O/c1-23-13-14(11-22-23)7-8-17-18-15(12-21-17)9-10-20-19(18)24-16-5-3-2-4-6-16/h7-11,13,16H,2-6,12H2,1H3/b8-7+. The highest BCUT2D eigenvalue weighted by molar-refractivity contribution is 6.14. The highest BCUT2D eigenvalue weighted by Crippen LogP contribution is 2.30. The smallest absolute Gasteiger partial charge is 0.223 e. The Kier molecular flexibility index (Phi) is 4.15. The van der Waals surface area contributed by atoms with E-state index in [-0.39, 0.29) is 0 Å². The Hall–Kier alpha value is -2.43. The highest BCUT2D eigenvalue weighted by Gasteiger charge is 2.23. The maximum atomic E-state index is 6.24. The number of pyridine rings is 1. The normalized spacial score (nSPS) is 18.0. The SMILES string of the molecule is Cn1cc(/C=C/C2=NCc3ccnc(OC4CCCCC4)c32)cn1. The average molecular weight is 322 g/mol. The summed E-state index contributed by atoms with van der Waals surface area (Å²) in [6.45, 7) is 0.700. The molecule has 5 heteroatoms. The van der Waals surface area contributed by atoms with Crippen molar-refractivity contribution in [3.8, 4) is 5.88 Å². The first-order chi connectivity index (χ1) is 11.8. The monoisotopic (exact) mass is 322 g/mol. The summed E-state index contributed by atoms with van der Waals surface area (Å²) in [6, 6.07) is 2.04. The Bertz CT molecular complexity index is 784. The summed E-state index contributed by atoms with van der Waals surface area (Å²) in [5.74, 6) is 0.742. The van der Waals surface area contributed by atoms with Crippen molar-refractivity contribution in [2.45, 2.75) is 44.8 Å². The molecule has 2 aromatic heterocycles. The third-order valence-corrected chi connectivity index (χ3v) is 4.67. The molecule has 1 saturated carbocycles. The molecular formula is C19H22N4O. The van der Waals surface area contributed by atoms with E-state index in [1.165, 1.54) is 24.8 Å². The second-order valence-corrected chi connectivity index (χ2v) is 6.51. The van der Waals surface area contributed by atoms with Crippen LogP contribution in [0.5, 0.6) is 5.88 Å². The van der Waals surface area contributed by atoms with Crippen molar-refractivity contribution >= 4 is 11.8 Å². The van der Waals surface area contributed by atoms with E-state index >= 15 is 0 Å². The molecule has 0 saturated heterocycles. The minimum absolute atomic E-state index is 0.293. The van der Waals surface area contributed by atoms with E-state index < -0.39 is 0 Å². The fourth-order valence-electron chi connectivity index (χ4n) is 3.40. The number of hydrogen-bond donors (Lipinski definition) is 0. The molecule has 0 amide bonds. The van der Waals surface area contributed by atoms with Gasteiger partial charge in [-0.3, -0.25) is 9.67 Å². The molecule has 3 heterocycles. The van der Waals surface area contributed by atoms with Crippen molar-refractivity contribution in [1.82, 2.24) is 14.8 Å². The van der Waals surface area contributed by atoms with E-state index in [0.717, 1.165) is 35.6 Å². The predicted octanol–water partition coefficient (Wildman–Crippen LogP) is 3.54. The van der Waals surface area contributed by atoms with Crippen LogP contribution in [-0.4, -0.2) is 26.6 Å².